The van der Waals surface area contributed by atoms with Crippen LogP contribution in [0.2, 0.25) is 0 Å². The summed E-state index contributed by atoms with van der Waals surface area (Å²) in [6, 6.07) is 29.9. The summed E-state index contributed by atoms with van der Waals surface area (Å²) in [6.45, 7) is 3.76. The fraction of sp³-hybridized carbons (Fsp3) is 0.148. The molecule has 0 fully saturated rings. The molecule has 0 saturated carbocycles. The highest BCUT2D eigenvalue weighted by Gasteiger charge is 2.26. The summed E-state index contributed by atoms with van der Waals surface area (Å²) in [5.74, 6) is 0. The first-order valence-corrected chi connectivity index (χ1v) is 11.5. The van der Waals surface area contributed by atoms with E-state index in [-0.39, 0.29) is 6.61 Å². The first-order valence-electron chi connectivity index (χ1n) is 10.7. The van der Waals surface area contributed by atoms with Gasteiger partial charge in [-0.2, -0.15) is 4.57 Å². The smallest absolute Gasteiger partial charge is 0.212 e. The minimum absolute atomic E-state index is 0.110. The summed E-state index contributed by atoms with van der Waals surface area (Å²) in [5, 5.41) is 12.2. The number of aliphatic hydroxyl groups excluding tert-OH is 1. The number of hydrogen-bond acceptors (Lipinski definition) is 3. The second-order valence-electron chi connectivity index (χ2n) is 7.57. The molecular formula is C27H25N2OS+. The quantitative estimate of drug-likeness (QED) is 0.415. The number of aryl methyl sites for hydroxylation is 1. The van der Waals surface area contributed by atoms with Crippen LogP contribution in [-0.4, -0.2) is 18.3 Å². The Kier molecular flexibility index (Phi) is 5.49. The molecule has 1 aliphatic rings. The number of hydrogen-bond donors (Lipinski definition) is 1. The highest BCUT2D eigenvalue weighted by atomic mass is 32.2. The predicted molar refractivity (Wildman–Crippen MR) is 130 cm³/mol. The van der Waals surface area contributed by atoms with E-state index in [2.05, 4.69) is 101 Å². The lowest BCUT2D eigenvalue weighted by atomic mass is 10.0. The van der Waals surface area contributed by atoms with Crippen molar-refractivity contribution < 1.29 is 9.67 Å². The minimum atomic E-state index is 0.110. The molecule has 0 atom stereocenters. The van der Waals surface area contributed by atoms with Crippen LogP contribution in [0.1, 0.15) is 12.6 Å². The van der Waals surface area contributed by atoms with Crippen LogP contribution in [0.3, 0.4) is 0 Å². The molecular weight excluding hydrogens is 400 g/mol. The molecule has 0 saturated heterocycles. The molecule has 0 aliphatic carbocycles. The van der Waals surface area contributed by atoms with Gasteiger partial charge < -0.3 is 10.0 Å². The molecule has 4 aromatic rings. The van der Waals surface area contributed by atoms with Crippen molar-refractivity contribution in [3.63, 3.8) is 0 Å². The lowest BCUT2D eigenvalue weighted by molar-refractivity contribution is -0.669. The Morgan fingerprint density at radius 2 is 1.71 bits per heavy atom. The van der Waals surface area contributed by atoms with E-state index in [0.717, 1.165) is 17.3 Å². The molecule has 1 N–H and O–H groups in total. The van der Waals surface area contributed by atoms with E-state index in [4.69, 9.17) is 0 Å². The Bertz CT molecular complexity index is 1270. The average molecular weight is 426 g/mol. The van der Waals surface area contributed by atoms with Crippen LogP contribution in [-0.2, 0) is 6.54 Å². The van der Waals surface area contributed by atoms with E-state index in [1.165, 1.54) is 32.6 Å². The van der Waals surface area contributed by atoms with Gasteiger partial charge in [0.25, 0.3) is 0 Å². The Morgan fingerprint density at radius 3 is 2.52 bits per heavy atom. The first-order chi connectivity index (χ1) is 15.3. The van der Waals surface area contributed by atoms with Gasteiger partial charge in [-0.1, -0.05) is 60.3 Å². The Hall–Kier alpha value is -3.08. The van der Waals surface area contributed by atoms with Gasteiger partial charge in [-0.3, -0.25) is 0 Å². The van der Waals surface area contributed by atoms with Gasteiger partial charge in [-0.25, -0.2) is 0 Å². The highest BCUT2D eigenvalue weighted by Crippen LogP contribution is 2.47. The molecule has 0 spiro atoms. The zero-order valence-electron chi connectivity index (χ0n) is 17.5. The molecule has 154 valence electrons. The van der Waals surface area contributed by atoms with Gasteiger partial charge >= 0.3 is 0 Å². The third-order valence-electron chi connectivity index (χ3n) is 5.72. The number of para-hydroxylation sites is 1. The van der Waals surface area contributed by atoms with Crippen LogP contribution in [0.5, 0.6) is 0 Å². The van der Waals surface area contributed by atoms with Gasteiger partial charge in [0.1, 0.15) is 6.54 Å². The number of β-amino-alcohol motifs (C(OH)–C–C–N with tert-alkyl or cyclic N) is 1. The van der Waals surface area contributed by atoms with Gasteiger partial charge in [0.15, 0.2) is 0 Å². The summed E-state index contributed by atoms with van der Waals surface area (Å²) in [4.78, 5) is 3.46. The van der Waals surface area contributed by atoms with Crippen LogP contribution in [0.4, 0.5) is 5.69 Å². The Morgan fingerprint density at radius 1 is 0.903 bits per heavy atom. The van der Waals surface area contributed by atoms with Crippen molar-refractivity contribution in [2.24, 2.45) is 0 Å². The van der Waals surface area contributed by atoms with Gasteiger partial charge in [-0.15, -0.1) is 0 Å². The second kappa shape index (κ2) is 8.58. The van der Waals surface area contributed by atoms with Crippen molar-refractivity contribution in [2.75, 3.05) is 18.1 Å². The van der Waals surface area contributed by atoms with Crippen LogP contribution in [0.25, 0.3) is 28.1 Å². The van der Waals surface area contributed by atoms with Crippen LogP contribution >= 0.6 is 11.8 Å². The number of nitrogens with zero attached hydrogens (tertiary/aromatic N) is 2. The minimum Gasteiger partial charge on any atom is -0.395 e. The van der Waals surface area contributed by atoms with Crippen molar-refractivity contribution in [3.8, 4) is 11.1 Å². The topological polar surface area (TPSA) is 27.4 Å². The average Bonchev–Trinajstić information content (AvgIpc) is 3.16. The van der Waals surface area contributed by atoms with Crippen LogP contribution in [0.15, 0.2) is 94.9 Å². The van der Waals surface area contributed by atoms with E-state index >= 15 is 0 Å². The van der Waals surface area contributed by atoms with Crippen molar-refractivity contribution >= 4 is 34.4 Å². The summed E-state index contributed by atoms with van der Waals surface area (Å²) in [6.07, 6.45) is 2.25. The summed E-state index contributed by atoms with van der Waals surface area (Å²) in [7, 11) is 0. The van der Waals surface area contributed by atoms with Gasteiger partial charge in [0.2, 0.25) is 11.2 Å². The molecule has 4 heteroatoms. The van der Waals surface area contributed by atoms with E-state index in [1.807, 2.05) is 6.07 Å². The third kappa shape index (κ3) is 3.73. The molecule has 0 unspecified atom stereocenters. The maximum Gasteiger partial charge on any atom is 0.212 e. The standard InChI is InChI=1S/C27H25N2OS/c1-2-28-23(14-12-21-10-6-7-11-24(21)28)19-27-29(16-17-30)25-18-22(13-15-26(25)31-27)20-8-4-3-5-9-20/h3-15,18-19,30H,2,16-17H2,1H3/q+1. The maximum absolute atomic E-state index is 9.78. The molecule has 31 heavy (non-hydrogen) atoms. The second-order valence-corrected chi connectivity index (χ2v) is 8.63. The molecule has 3 nitrogen and oxygen atoms in total. The number of aromatic nitrogens is 1. The van der Waals surface area contributed by atoms with Crippen molar-refractivity contribution in [2.45, 2.75) is 18.4 Å². The zero-order chi connectivity index (χ0) is 21.2. The van der Waals surface area contributed by atoms with Crippen molar-refractivity contribution in [3.05, 3.63) is 95.7 Å². The molecule has 2 heterocycles. The highest BCUT2D eigenvalue weighted by molar-refractivity contribution is 8.03. The summed E-state index contributed by atoms with van der Waals surface area (Å²) >= 11 is 1.77. The Labute approximate surface area is 187 Å². The number of aliphatic hydroxyl groups is 1. The number of benzene rings is 3. The van der Waals surface area contributed by atoms with Crippen molar-refractivity contribution in [1.82, 2.24) is 0 Å². The van der Waals surface area contributed by atoms with Gasteiger partial charge in [-0.05, 0) is 42.3 Å². The largest absolute Gasteiger partial charge is 0.395 e. The van der Waals surface area contributed by atoms with Crippen LogP contribution in [0, 0.1) is 0 Å². The Balaban J connectivity index is 1.58. The van der Waals surface area contributed by atoms with Gasteiger partial charge in [0.05, 0.1) is 17.3 Å². The fourth-order valence-electron chi connectivity index (χ4n) is 4.23. The zero-order valence-corrected chi connectivity index (χ0v) is 18.3. The number of anilines is 1. The first kappa shape index (κ1) is 19.9. The predicted octanol–water partition coefficient (Wildman–Crippen LogP) is 5.72. The van der Waals surface area contributed by atoms with E-state index < -0.39 is 0 Å². The summed E-state index contributed by atoms with van der Waals surface area (Å²) in [5.41, 5.74) is 5.96. The molecule has 1 aromatic heterocycles. The SMILES string of the molecule is CC[n+]1c(/C=C2/Sc3ccc(-c4ccccc4)cc3N2CCO)ccc2ccccc21. The fourth-order valence-corrected chi connectivity index (χ4v) is 5.35. The van der Waals surface area contributed by atoms with Crippen molar-refractivity contribution in [1.29, 1.82) is 0 Å². The molecule has 3 aromatic carbocycles. The third-order valence-corrected chi connectivity index (χ3v) is 6.83. The van der Waals surface area contributed by atoms with E-state index in [1.54, 1.807) is 11.8 Å². The normalized spacial score (nSPS) is 14.4. The molecule has 5 rings (SSSR count). The molecule has 0 bridgehead atoms. The number of pyridine rings is 1. The lowest BCUT2D eigenvalue weighted by Gasteiger charge is -2.19. The van der Waals surface area contributed by atoms with Gasteiger partial charge in [0, 0.05) is 35.0 Å². The van der Waals surface area contributed by atoms with Crippen LogP contribution < -0.4 is 9.47 Å². The number of rotatable bonds is 5. The maximum atomic E-state index is 9.78. The monoisotopic (exact) mass is 425 g/mol. The number of thioether (sulfide) groups is 1. The van der Waals surface area contributed by atoms with E-state index in [9.17, 15) is 5.11 Å². The summed E-state index contributed by atoms with van der Waals surface area (Å²) < 4.78 is 2.35. The molecule has 1 aliphatic heterocycles. The number of fused-ring (bicyclic) bond motifs is 2. The lowest BCUT2D eigenvalue weighted by Crippen LogP contribution is -2.37. The molecule has 0 radical (unpaired) electrons. The molecule has 0 amide bonds. The van der Waals surface area contributed by atoms with E-state index in [0.29, 0.717) is 6.54 Å².